The smallest absolute Gasteiger partial charge is 0.336 e. The molecule has 10 nitrogen and oxygen atoms in total. The Hall–Kier alpha value is -3.15. The van der Waals surface area contributed by atoms with Gasteiger partial charge >= 0.3 is 5.63 Å². The van der Waals surface area contributed by atoms with Crippen LogP contribution in [0.4, 0.5) is 0 Å². The van der Waals surface area contributed by atoms with Crippen molar-refractivity contribution in [1.29, 1.82) is 0 Å². The van der Waals surface area contributed by atoms with Gasteiger partial charge in [-0.25, -0.2) is 9.78 Å². The highest BCUT2D eigenvalue weighted by Gasteiger charge is 2.25. The molecule has 1 saturated heterocycles. The molecule has 0 radical (unpaired) electrons. The number of nitrogens with zero attached hydrogens (tertiary/aromatic N) is 3. The fourth-order valence-corrected chi connectivity index (χ4v) is 4.08. The number of methoxy groups -OCH3 is 1. The van der Waals surface area contributed by atoms with E-state index < -0.39 is 5.63 Å². The third-order valence-electron chi connectivity index (χ3n) is 5.40. The molecular formula is C24H27N3O7S. The molecule has 1 aliphatic heterocycles. The number of amides is 1. The summed E-state index contributed by atoms with van der Waals surface area (Å²) in [6.45, 7) is 3.54. The minimum Gasteiger partial charge on any atom is -0.484 e. The third-order valence-corrected chi connectivity index (χ3v) is 5.95. The molecule has 0 saturated carbocycles. The SMILES string of the molecule is COCc1cc(OCC2CN(C(=O)COc3ccc4c(C)cc(=O)oc4c3)CCO2)nc(SC)n1. The largest absolute Gasteiger partial charge is 0.484 e. The van der Waals surface area contributed by atoms with Crippen LogP contribution in [0.15, 0.2) is 44.7 Å². The van der Waals surface area contributed by atoms with E-state index in [1.54, 1.807) is 30.2 Å². The molecule has 1 fully saturated rings. The second-order valence-corrected chi connectivity index (χ2v) is 8.73. The lowest BCUT2D eigenvalue weighted by Gasteiger charge is -2.32. The van der Waals surface area contributed by atoms with Gasteiger partial charge in [0.25, 0.3) is 5.91 Å². The average molecular weight is 502 g/mol. The number of fused-ring (bicyclic) bond motifs is 1. The molecule has 186 valence electrons. The molecule has 4 rings (SSSR count). The predicted molar refractivity (Wildman–Crippen MR) is 129 cm³/mol. The molecular weight excluding hydrogens is 474 g/mol. The van der Waals surface area contributed by atoms with Gasteiger partial charge in [0.05, 0.1) is 25.5 Å². The molecule has 0 N–H and O–H groups in total. The average Bonchev–Trinajstić information content (AvgIpc) is 2.86. The maximum Gasteiger partial charge on any atom is 0.336 e. The summed E-state index contributed by atoms with van der Waals surface area (Å²) in [6.07, 6.45) is 1.59. The number of aromatic nitrogens is 2. The van der Waals surface area contributed by atoms with Crippen LogP contribution in [0.1, 0.15) is 11.3 Å². The Morgan fingerprint density at radius 1 is 1.23 bits per heavy atom. The molecule has 1 amide bonds. The minimum absolute atomic E-state index is 0.140. The highest BCUT2D eigenvalue weighted by molar-refractivity contribution is 7.98. The topological polar surface area (TPSA) is 113 Å². The standard InChI is InChI=1S/C24H27N3O7S/c1-15-8-23(29)34-20-10-17(4-5-19(15)20)32-14-22(28)27-6-7-31-18(11-27)13-33-21-9-16(12-30-2)25-24(26-21)35-3/h4-5,8-10,18H,6-7,11-14H2,1-3H3. The molecule has 1 aromatic carbocycles. The van der Waals surface area contributed by atoms with Crippen molar-refractivity contribution >= 4 is 28.6 Å². The zero-order valence-corrected chi connectivity index (χ0v) is 20.6. The lowest BCUT2D eigenvalue weighted by molar-refractivity contribution is -0.142. The van der Waals surface area contributed by atoms with Crippen LogP contribution in [0, 0.1) is 6.92 Å². The van der Waals surface area contributed by atoms with Crippen LogP contribution in [0.25, 0.3) is 11.0 Å². The first-order valence-electron chi connectivity index (χ1n) is 11.1. The van der Waals surface area contributed by atoms with Crippen molar-refractivity contribution in [2.24, 2.45) is 0 Å². The Morgan fingerprint density at radius 2 is 2.09 bits per heavy atom. The summed E-state index contributed by atoms with van der Waals surface area (Å²) in [5, 5.41) is 1.41. The van der Waals surface area contributed by atoms with E-state index in [4.69, 9.17) is 23.4 Å². The van der Waals surface area contributed by atoms with E-state index in [9.17, 15) is 9.59 Å². The lowest BCUT2D eigenvalue weighted by Crippen LogP contribution is -2.49. The van der Waals surface area contributed by atoms with Gasteiger partial charge in [0, 0.05) is 37.2 Å². The number of morpholine rings is 1. The molecule has 0 aliphatic carbocycles. The molecule has 0 spiro atoms. The van der Waals surface area contributed by atoms with Crippen molar-refractivity contribution < 1.29 is 28.2 Å². The van der Waals surface area contributed by atoms with Gasteiger partial charge in [-0.05, 0) is 30.9 Å². The van der Waals surface area contributed by atoms with E-state index in [0.29, 0.717) is 48.7 Å². The van der Waals surface area contributed by atoms with Crippen LogP contribution in [0.3, 0.4) is 0 Å². The molecule has 2 aromatic heterocycles. The van der Waals surface area contributed by atoms with Crippen molar-refractivity contribution in [3.05, 3.63) is 52.0 Å². The van der Waals surface area contributed by atoms with Gasteiger partial charge in [0.1, 0.15) is 24.0 Å². The summed E-state index contributed by atoms with van der Waals surface area (Å²) < 4.78 is 27.7. The zero-order chi connectivity index (χ0) is 24.8. The minimum atomic E-state index is -0.425. The van der Waals surface area contributed by atoms with Crippen LogP contribution in [0.5, 0.6) is 11.6 Å². The van der Waals surface area contributed by atoms with Gasteiger partial charge in [-0.2, -0.15) is 4.98 Å². The fraction of sp³-hybridized carbons (Fsp3) is 0.417. The van der Waals surface area contributed by atoms with Crippen LogP contribution >= 0.6 is 11.8 Å². The van der Waals surface area contributed by atoms with E-state index in [1.807, 2.05) is 19.2 Å². The van der Waals surface area contributed by atoms with Crippen molar-refractivity contribution in [1.82, 2.24) is 14.9 Å². The van der Waals surface area contributed by atoms with Gasteiger partial charge in [0.15, 0.2) is 11.8 Å². The van der Waals surface area contributed by atoms with E-state index in [2.05, 4.69) is 9.97 Å². The van der Waals surface area contributed by atoms with Crippen LogP contribution in [0.2, 0.25) is 0 Å². The summed E-state index contributed by atoms with van der Waals surface area (Å²) in [4.78, 5) is 34.8. The third kappa shape index (κ3) is 6.50. The number of thioether (sulfide) groups is 1. The molecule has 3 aromatic rings. The summed E-state index contributed by atoms with van der Waals surface area (Å²) in [5.74, 6) is 0.719. The molecule has 11 heteroatoms. The number of aryl methyl sites for hydroxylation is 1. The van der Waals surface area contributed by atoms with Crippen molar-refractivity contribution in [3.8, 4) is 11.6 Å². The van der Waals surface area contributed by atoms with Gasteiger partial charge in [-0.1, -0.05) is 11.8 Å². The van der Waals surface area contributed by atoms with E-state index in [0.717, 1.165) is 16.6 Å². The highest BCUT2D eigenvalue weighted by atomic mass is 32.2. The van der Waals surface area contributed by atoms with E-state index in [-0.39, 0.29) is 25.2 Å². The summed E-state index contributed by atoms with van der Waals surface area (Å²) in [6, 6.07) is 8.35. The first kappa shape index (κ1) is 25.0. The number of carbonyl (C=O) groups excluding carboxylic acids is 1. The fourth-order valence-electron chi connectivity index (χ4n) is 3.69. The summed E-state index contributed by atoms with van der Waals surface area (Å²) in [7, 11) is 1.60. The quantitative estimate of drug-likeness (QED) is 0.246. The van der Waals surface area contributed by atoms with Crippen molar-refractivity contribution in [2.45, 2.75) is 24.8 Å². The second kappa shape index (κ2) is 11.5. The van der Waals surface area contributed by atoms with Crippen molar-refractivity contribution in [2.75, 3.05) is 46.3 Å². The second-order valence-electron chi connectivity index (χ2n) is 7.96. The van der Waals surface area contributed by atoms with Gasteiger partial charge < -0.3 is 28.3 Å². The molecule has 35 heavy (non-hydrogen) atoms. The number of rotatable bonds is 9. The molecule has 1 unspecified atom stereocenters. The maximum absolute atomic E-state index is 12.8. The number of hydrogen-bond acceptors (Lipinski definition) is 10. The first-order valence-corrected chi connectivity index (χ1v) is 12.3. The lowest BCUT2D eigenvalue weighted by atomic mass is 10.1. The highest BCUT2D eigenvalue weighted by Crippen LogP contribution is 2.22. The van der Waals surface area contributed by atoms with Crippen LogP contribution < -0.4 is 15.1 Å². The number of carbonyl (C=O) groups is 1. The Labute approximate surface area is 206 Å². The summed E-state index contributed by atoms with van der Waals surface area (Å²) in [5.41, 5.74) is 1.54. The maximum atomic E-state index is 12.8. The Bertz CT molecular complexity index is 1250. The van der Waals surface area contributed by atoms with Gasteiger partial charge in [-0.3, -0.25) is 4.79 Å². The predicted octanol–water partition coefficient (Wildman–Crippen LogP) is 2.44. The molecule has 1 aliphatic rings. The number of ether oxygens (including phenoxy) is 4. The van der Waals surface area contributed by atoms with Crippen LogP contribution in [-0.2, 0) is 20.9 Å². The van der Waals surface area contributed by atoms with Gasteiger partial charge in [-0.15, -0.1) is 0 Å². The summed E-state index contributed by atoms with van der Waals surface area (Å²) >= 11 is 1.42. The monoisotopic (exact) mass is 501 g/mol. The van der Waals surface area contributed by atoms with Crippen LogP contribution in [-0.4, -0.2) is 73.2 Å². The Morgan fingerprint density at radius 3 is 2.89 bits per heavy atom. The number of hydrogen-bond donors (Lipinski definition) is 0. The molecule has 3 heterocycles. The van der Waals surface area contributed by atoms with E-state index in [1.165, 1.54) is 17.8 Å². The van der Waals surface area contributed by atoms with Gasteiger partial charge in [0.2, 0.25) is 5.88 Å². The molecule has 1 atom stereocenters. The normalized spacial score (nSPS) is 15.9. The molecule has 0 bridgehead atoms. The number of benzene rings is 1. The van der Waals surface area contributed by atoms with E-state index >= 15 is 0 Å². The first-order chi connectivity index (χ1) is 16.9. The zero-order valence-electron chi connectivity index (χ0n) is 19.8. The van der Waals surface area contributed by atoms with Crippen molar-refractivity contribution in [3.63, 3.8) is 0 Å². The Balaban J connectivity index is 1.32. The Kier molecular flexibility index (Phi) is 8.21.